The fourth-order valence-corrected chi connectivity index (χ4v) is 2.51. The summed E-state index contributed by atoms with van der Waals surface area (Å²) >= 11 is 0. The molecule has 20 heavy (non-hydrogen) atoms. The summed E-state index contributed by atoms with van der Waals surface area (Å²) in [5, 5.41) is 0. The summed E-state index contributed by atoms with van der Waals surface area (Å²) in [4.78, 5) is 0. The van der Waals surface area contributed by atoms with Gasteiger partial charge in [0.25, 0.3) is 0 Å². The minimum atomic E-state index is -4.24. The van der Waals surface area contributed by atoms with Crippen LogP contribution in [0.1, 0.15) is 75.8 Å². The number of unbranched alkanes of at least 4 members (excludes halogenated alkanes) is 3. The normalized spacial score (nSPS) is 13.4. The molecule has 0 fully saturated rings. The second-order valence-corrected chi connectivity index (χ2v) is 5.45. The Morgan fingerprint density at radius 1 is 0.850 bits per heavy atom. The summed E-state index contributed by atoms with van der Waals surface area (Å²) in [5.74, 6) is 0.406. The van der Waals surface area contributed by atoms with Gasteiger partial charge in [0, 0.05) is 0 Å². The lowest BCUT2D eigenvalue weighted by Crippen LogP contribution is -2.06. The topological polar surface area (TPSA) is 0 Å². The summed E-state index contributed by atoms with van der Waals surface area (Å²) in [6, 6.07) is 5.76. The van der Waals surface area contributed by atoms with Crippen LogP contribution in [-0.4, -0.2) is 0 Å². The second kappa shape index (κ2) is 8.33. The third kappa shape index (κ3) is 5.56. The van der Waals surface area contributed by atoms with E-state index in [0.29, 0.717) is 5.92 Å². The number of benzene rings is 1. The number of hydrogen-bond donors (Lipinski definition) is 0. The number of hydrogen-bond acceptors (Lipinski definition) is 0. The third-order valence-electron chi connectivity index (χ3n) is 3.77. The molecule has 0 bridgehead atoms. The van der Waals surface area contributed by atoms with Crippen LogP contribution in [0.3, 0.4) is 0 Å². The van der Waals surface area contributed by atoms with Crippen molar-refractivity contribution in [3.8, 4) is 0 Å². The molecule has 1 atom stereocenters. The highest BCUT2D eigenvalue weighted by atomic mass is 19.4. The Hall–Kier alpha value is -0.990. The van der Waals surface area contributed by atoms with Crippen LogP contribution in [0.5, 0.6) is 0 Å². The van der Waals surface area contributed by atoms with Crippen molar-refractivity contribution in [1.29, 1.82) is 0 Å². The fraction of sp³-hybridized carbons (Fsp3) is 0.647. The molecule has 0 aromatic heterocycles. The van der Waals surface area contributed by atoms with E-state index in [1.807, 2.05) is 0 Å². The Morgan fingerprint density at radius 2 is 1.40 bits per heavy atom. The molecule has 1 unspecified atom stereocenters. The van der Waals surface area contributed by atoms with Gasteiger partial charge >= 0.3 is 6.18 Å². The highest BCUT2D eigenvalue weighted by molar-refractivity contribution is 5.27. The third-order valence-corrected chi connectivity index (χ3v) is 3.77. The van der Waals surface area contributed by atoms with Gasteiger partial charge in [0.05, 0.1) is 5.56 Å². The molecular formula is C17H25F3. The van der Waals surface area contributed by atoms with Crippen molar-refractivity contribution in [1.82, 2.24) is 0 Å². The molecule has 0 heterocycles. The molecule has 0 aliphatic heterocycles. The van der Waals surface area contributed by atoms with Gasteiger partial charge in [-0.15, -0.1) is 0 Å². The van der Waals surface area contributed by atoms with Gasteiger partial charge in [0.2, 0.25) is 0 Å². The maximum atomic E-state index is 12.6. The molecule has 3 heteroatoms. The van der Waals surface area contributed by atoms with Gasteiger partial charge in [0.1, 0.15) is 0 Å². The maximum absolute atomic E-state index is 12.6. The van der Waals surface area contributed by atoms with Crippen LogP contribution in [-0.2, 0) is 6.18 Å². The molecule has 0 nitrogen and oxygen atoms in total. The minimum Gasteiger partial charge on any atom is -0.166 e. The van der Waals surface area contributed by atoms with Crippen molar-refractivity contribution in [2.75, 3.05) is 0 Å². The van der Waals surface area contributed by atoms with Gasteiger partial charge < -0.3 is 0 Å². The summed E-state index contributed by atoms with van der Waals surface area (Å²) in [5.41, 5.74) is 0.506. The van der Waals surface area contributed by atoms with Gasteiger partial charge in [0.15, 0.2) is 0 Å². The molecule has 1 aromatic rings. The zero-order valence-corrected chi connectivity index (χ0v) is 12.5. The SMILES string of the molecule is CCCCCC(CCCC)c1ccc(C(F)(F)F)cc1. The summed E-state index contributed by atoms with van der Waals surface area (Å²) < 4.78 is 37.7. The second-order valence-electron chi connectivity index (χ2n) is 5.45. The maximum Gasteiger partial charge on any atom is 0.416 e. The molecule has 0 radical (unpaired) electrons. The van der Waals surface area contributed by atoms with Crippen LogP contribution in [0.2, 0.25) is 0 Å². The lowest BCUT2D eigenvalue weighted by atomic mass is 9.88. The Bertz CT molecular complexity index is 365. The van der Waals surface area contributed by atoms with E-state index in [2.05, 4.69) is 13.8 Å². The van der Waals surface area contributed by atoms with Gasteiger partial charge in [-0.2, -0.15) is 13.2 Å². The predicted octanol–water partition coefficient (Wildman–Crippen LogP) is 6.56. The van der Waals surface area contributed by atoms with E-state index < -0.39 is 11.7 Å². The minimum absolute atomic E-state index is 0.406. The fourth-order valence-electron chi connectivity index (χ4n) is 2.51. The van der Waals surface area contributed by atoms with Crippen LogP contribution < -0.4 is 0 Å². The van der Waals surface area contributed by atoms with E-state index in [9.17, 15) is 13.2 Å². The van der Waals surface area contributed by atoms with E-state index in [0.717, 1.165) is 37.7 Å². The van der Waals surface area contributed by atoms with E-state index in [4.69, 9.17) is 0 Å². The monoisotopic (exact) mass is 286 g/mol. The van der Waals surface area contributed by atoms with Crippen molar-refractivity contribution >= 4 is 0 Å². The Morgan fingerprint density at radius 3 is 1.90 bits per heavy atom. The van der Waals surface area contributed by atoms with Crippen LogP contribution in [0, 0.1) is 0 Å². The average molecular weight is 286 g/mol. The van der Waals surface area contributed by atoms with Crippen LogP contribution >= 0.6 is 0 Å². The molecule has 0 saturated heterocycles. The largest absolute Gasteiger partial charge is 0.416 e. The zero-order valence-electron chi connectivity index (χ0n) is 12.5. The first kappa shape index (κ1) is 17.1. The van der Waals surface area contributed by atoms with E-state index >= 15 is 0 Å². The lowest BCUT2D eigenvalue weighted by molar-refractivity contribution is -0.137. The first-order valence-corrected chi connectivity index (χ1v) is 7.66. The molecule has 0 saturated carbocycles. The van der Waals surface area contributed by atoms with Gasteiger partial charge in [-0.1, -0.05) is 58.1 Å². The van der Waals surface area contributed by atoms with Crippen molar-refractivity contribution in [3.05, 3.63) is 35.4 Å². The molecule has 0 spiro atoms. The smallest absolute Gasteiger partial charge is 0.166 e. The van der Waals surface area contributed by atoms with Crippen molar-refractivity contribution < 1.29 is 13.2 Å². The molecule has 0 N–H and O–H groups in total. The molecule has 0 aliphatic carbocycles. The predicted molar refractivity (Wildman–Crippen MR) is 77.9 cm³/mol. The number of rotatable bonds is 8. The number of halogens is 3. The summed E-state index contributed by atoms with van der Waals surface area (Å²) in [7, 11) is 0. The Balaban J connectivity index is 2.73. The number of alkyl halides is 3. The molecule has 1 aromatic carbocycles. The lowest BCUT2D eigenvalue weighted by Gasteiger charge is -2.18. The van der Waals surface area contributed by atoms with E-state index in [-0.39, 0.29) is 0 Å². The van der Waals surface area contributed by atoms with Crippen molar-refractivity contribution in [2.24, 2.45) is 0 Å². The Kier molecular flexibility index (Phi) is 7.11. The standard InChI is InChI=1S/C17H25F3/c1-3-5-7-9-14(8-6-4-2)15-10-12-16(13-11-15)17(18,19)20/h10-14H,3-9H2,1-2H3. The Labute approximate surface area is 120 Å². The van der Waals surface area contributed by atoms with Crippen LogP contribution in [0.4, 0.5) is 13.2 Å². The van der Waals surface area contributed by atoms with E-state index in [1.54, 1.807) is 12.1 Å². The zero-order chi connectivity index (χ0) is 15.0. The molecular weight excluding hydrogens is 261 g/mol. The van der Waals surface area contributed by atoms with Crippen molar-refractivity contribution in [3.63, 3.8) is 0 Å². The average Bonchev–Trinajstić information content (AvgIpc) is 2.42. The quantitative estimate of drug-likeness (QED) is 0.475. The highest BCUT2D eigenvalue weighted by Gasteiger charge is 2.30. The molecule has 0 amide bonds. The van der Waals surface area contributed by atoms with Gasteiger partial charge in [-0.3, -0.25) is 0 Å². The summed E-state index contributed by atoms with van der Waals surface area (Å²) in [6.45, 7) is 4.31. The van der Waals surface area contributed by atoms with Crippen LogP contribution in [0.25, 0.3) is 0 Å². The molecule has 1 rings (SSSR count). The van der Waals surface area contributed by atoms with Gasteiger partial charge in [-0.05, 0) is 36.5 Å². The van der Waals surface area contributed by atoms with Crippen LogP contribution in [0.15, 0.2) is 24.3 Å². The first-order chi connectivity index (χ1) is 9.49. The molecule has 114 valence electrons. The summed E-state index contributed by atoms with van der Waals surface area (Å²) in [6.07, 6.45) is 3.72. The van der Waals surface area contributed by atoms with E-state index in [1.165, 1.54) is 25.0 Å². The molecule has 0 aliphatic rings. The first-order valence-electron chi connectivity index (χ1n) is 7.66. The highest BCUT2D eigenvalue weighted by Crippen LogP contribution is 2.32. The van der Waals surface area contributed by atoms with Crippen molar-refractivity contribution in [2.45, 2.75) is 70.9 Å². The van der Waals surface area contributed by atoms with Gasteiger partial charge in [-0.25, -0.2) is 0 Å².